The van der Waals surface area contributed by atoms with Crippen LogP contribution in [0.25, 0.3) is 0 Å². The zero-order valence-electron chi connectivity index (χ0n) is 7.92. The Morgan fingerprint density at radius 3 is 2.08 bits per heavy atom. The minimum atomic E-state index is -0.0486. The van der Waals surface area contributed by atoms with Gasteiger partial charge in [0.15, 0.2) is 0 Å². The molecule has 0 aromatic carbocycles. The monoisotopic (exact) mass is 245 g/mol. The van der Waals surface area contributed by atoms with Crippen molar-refractivity contribution < 1.29 is 4.79 Å². The van der Waals surface area contributed by atoms with Crippen LogP contribution in [0.3, 0.4) is 0 Å². The molecule has 1 unspecified atom stereocenters. The van der Waals surface area contributed by atoms with Crippen molar-refractivity contribution in [2.75, 3.05) is 0 Å². The number of nitrogens with one attached hydrogen (secondary N) is 1. The van der Waals surface area contributed by atoms with Crippen LogP contribution in [0.2, 0.25) is 0 Å². The molecule has 0 radical (unpaired) electrons. The summed E-state index contributed by atoms with van der Waals surface area (Å²) in [5, 5.41) is 3.15. The number of alkyl halides is 1. The van der Waals surface area contributed by atoms with Crippen LogP contribution in [0.15, 0.2) is 0 Å². The van der Waals surface area contributed by atoms with Gasteiger partial charge in [0.25, 0.3) is 0 Å². The molecule has 1 atom stereocenters. The summed E-state index contributed by atoms with van der Waals surface area (Å²) in [6, 6.07) is 0.493. The molecule has 3 heteroatoms. The first kappa shape index (κ1) is 9.50. The van der Waals surface area contributed by atoms with Crippen LogP contribution in [-0.4, -0.2) is 16.8 Å². The van der Waals surface area contributed by atoms with E-state index in [2.05, 4.69) is 21.2 Å². The van der Waals surface area contributed by atoms with Gasteiger partial charge in [-0.05, 0) is 44.4 Å². The van der Waals surface area contributed by atoms with E-state index in [1.54, 1.807) is 0 Å². The third kappa shape index (κ3) is 2.46. The predicted molar refractivity (Wildman–Crippen MR) is 55.8 cm³/mol. The maximum Gasteiger partial charge on any atom is 0.233 e. The summed E-state index contributed by atoms with van der Waals surface area (Å²) in [5.41, 5.74) is 0. The Morgan fingerprint density at radius 2 is 1.77 bits per heavy atom. The molecule has 0 aromatic rings. The lowest BCUT2D eigenvalue weighted by atomic mass is 10.1. The third-order valence-electron chi connectivity index (χ3n) is 2.93. The van der Waals surface area contributed by atoms with Gasteiger partial charge < -0.3 is 5.32 Å². The van der Waals surface area contributed by atoms with Crippen molar-refractivity contribution in [2.45, 2.75) is 43.5 Å². The molecule has 2 rings (SSSR count). The number of hydrogen-bond donors (Lipinski definition) is 1. The van der Waals surface area contributed by atoms with Crippen molar-refractivity contribution in [1.82, 2.24) is 5.32 Å². The summed E-state index contributed by atoms with van der Waals surface area (Å²) in [4.78, 5) is 11.4. The van der Waals surface area contributed by atoms with Gasteiger partial charge >= 0.3 is 0 Å². The summed E-state index contributed by atoms with van der Waals surface area (Å²) in [6.45, 7) is 1.88. The van der Waals surface area contributed by atoms with Crippen molar-refractivity contribution >= 4 is 21.8 Å². The molecule has 0 heterocycles. The Balaban J connectivity index is 1.85. The van der Waals surface area contributed by atoms with Crippen LogP contribution in [0, 0.1) is 11.8 Å². The zero-order valence-corrected chi connectivity index (χ0v) is 9.51. The van der Waals surface area contributed by atoms with E-state index in [9.17, 15) is 4.79 Å². The van der Waals surface area contributed by atoms with Crippen LogP contribution in [0.4, 0.5) is 0 Å². The molecule has 2 aliphatic carbocycles. The normalized spacial score (nSPS) is 24.5. The number of carbonyl (C=O) groups excluding carboxylic acids is 1. The lowest BCUT2D eigenvalue weighted by Gasteiger charge is -2.18. The highest BCUT2D eigenvalue weighted by Gasteiger charge is 2.42. The Morgan fingerprint density at radius 1 is 1.31 bits per heavy atom. The van der Waals surface area contributed by atoms with E-state index in [0.29, 0.717) is 6.04 Å². The molecule has 74 valence electrons. The van der Waals surface area contributed by atoms with E-state index in [0.717, 1.165) is 11.8 Å². The van der Waals surface area contributed by atoms with Crippen molar-refractivity contribution in [3.63, 3.8) is 0 Å². The van der Waals surface area contributed by atoms with E-state index >= 15 is 0 Å². The van der Waals surface area contributed by atoms with Crippen LogP contribution >= 0.6 is 15.9 Å². The molecule has 0 aromatic heterocycles. The predicted octanol–water partition coefficient (Wildman–Crippen LogP) is 2.07. The molecule has 1 amide bonds. The summed E-state index contributed by atoms with van der Waals surface area (Å²) in [5.74, 6) is 1.74. The molecule has 2 saturated carbocycles. The Labute approximate surface area is 87.6 Å². The van der Waals surface area contributed by atoms with Crippen LogP contribution in [0.1, 0.15) is 32.6 Å². The van der Waals surface area contributed by atoms with Gasteiger partial charge in [0.2, 0.25) is 5.91 Å². The Hall–Kier alpha value is -0.0500. The highest BCUT2D eigenvalue weighted by Crippen LogP contribution is 2.44. The second kappa shape index (κ2) is 3.60. The highest BCUT2D eigenvalue weighted by molar-refractivity contribution is 9.10. The topological polar surface area (TPSA) is 29.1 Å². The SMILES string of the molecule is CC(Br)C(=O)NC(C1CC1)C1CC1. The molecule has 1 N–H and O–H groups in total. The van der Waals surface area contributed by atoms with E-state index < -0.39 is 0 Å². The van der Waals surface area contributed by atoms with E-state index in [1.165, 1.54) is 25.7 Å². The second-order valence-electron chi connectivity index (χ2n) is 4.33. The largest absolute Gasteiger partial charge is 0.352 e. The van der Waals surface area contributed by atoms with Crippen molar-refractivity contribution in [1.29, 1.82) is 0 Å². The number of carbonyl (C=O) groups is 1. The molecular weight excluding hydrogens is 230 g/mol. The van der Waals surface area contributed by atoms with Crippen LogP contribution < -0.4 is 5.32 Å². The summed E-state index contributed by atoms with van der Waals surface area (Å²) >= 11 is 3.30. The molecular formula is C10H16BrNO. The Bertz CT molecular complexity index is 197. The molecule has 0 aliphatic heterocycles. The van der Waals surface area contributed by atoms with E-state index in [1.807, 2.05) is 6.92 Å². The van der Waals surface area contributed by atoms with Gasteiger partial charge in [0.1, 0.15) is 0 Å². The zero-order chi connectivity index (χ0) is 9.42. The van der Waals surface area contributed by atoms with Crippen molar-refractivity contribution in [3.05, 3.63) is 0 Å². The number of amides is 1. The first-order valence-corrected chi connectivity index (χ1v) is 6.04. The summed E-state index contributed by atoms with van der Waals surface area (Å²) < 4.78 is 0. The van der Waals surface area contributed by atoms with Crippen molar-refractivity contribution in [2.24, 2.45) is 11.8 Å². The lowest BCUT2D eigenvalue weighted by Crippen LogP contribution is -2.41. The number of hydrogen-bond acceptors (Lipinski definition) is 1. The minimum Gasteiger partial charge on any atom is -0.352 e. The van der Waals surface area contributed by atoms with Gasteiger partial charge in [-0.15, -0.1) is 0 Å². The maximum atomic E-state index is 11.5. The summed E-state index contributed by atoms with van der Waals surface area (Å²) in [6.07, 6.45) is 5.27. The standard InChI is InChI=1S/C10H16BrNO/c1-6(11)10(13)12-9(7-2-3-7)8-4-5-8/h6-9H,2-5H2,1H3,(H,12,13). The first-order valence-electron chi connectivity index (χ1n) is 5.13. The van der Waals surface area contributed by atoms with Crippen LogP contribution in [0.5, 0.6) is 0 Å². The molecule has 2 aliphatic rings. The van der Waals surface area contributed by atoms with Gasteiger partial charge in [-0.2, -0.15) is 0 Å². The van der Waals surface area contributed by atoms with Crippen LogP contribution in [-0.2, 0) is 4.79 Å². The molecule has 2 fully saturated rings. The van der Waals surface area contributed by atoms with Crippen molar-refractivity contribution in [3.8, 4) is 0 Å². The number of halogens is 1. The molecule has 13 heavy (non-hydrogen) atoms. The molecule has 0 spiro atoms. The summed E-state index contributed by atoms with van der Waals surface area (Å²) in [7, 11) is 0. The quantitative estimate of drug-likeness (QED) is 0.756. The first-order chi connectivity index (χ1) is 6.18. The molecule has 0 bridgehead atoms. The van der Waals surface area contributed by atoms with E-state index in [4.69, 9.17) is 0 Å². The fraction of sp³-hybridized carbons (Fsp3) is 0.900. The average molecular weight is 246 g/mol. The fourth-order valence-corrected chi connectivity index (χ4v) is 1.94. The lowest BCUT2D eigenvalue weighted by molar-refractivity contribution is -0.121. The van der Waals surface area contributed by atoms with Gasteiger partial charge in [0, 0.05) is 6.04 Å². The Kier molecular flexibility index (Phi) is 2.63. The van der Waals surface area contributed by atoms with Gasteiger partial charge in [0.05, 0.1) is 4.83 Å². The minimum absolute atomic E-state index is 0.0486. The van der Waals surface area contributed by atoms with Gasteiger partial charge in [-0.3, -0.25) is 4.79 Å². The highest BCUT2D eigenvalue weighted by atomic mass is 79.9. The molecule has 2 nitrogen and oxygen atoms in total. The maximum absolute atomic E-state index is 11.5. The second-order valence-corrected chi connectivity index (χ2v) is 5.70. The third-order valence-corrected chi connectivity index (χ3v) is 3.35. The van der Waals surface area contributed by atoms with Gasteiger partial charge in [-0.1, -0.05) is 15.9 Å². The average Bonchev–Trinajstić information content (AvgIpc) is 2.90. The van der Waals surface area contributed by atoms with E-state index in [-0.39, 0.29) is 10.7 Å². The van der Waals surface area contributed by atoms with Gasteiger partial charge in [-0.25, -0.2) is 0 Å². The molecule has 0 saturated heterocycles. The number of rotatable bonds is 4. The smallest absolute Gasteiger partial charge is 0.233 e. The fourth-order valence-electron chi connectivity index (χ4n) is 1.81.